The molecule has 0 radical (unpaired) electrons. The summed E-state index contributed by atoms with van der Waals surface area (Å²) < 4.78 is 11.1. The SMILES string of the molecule is CCN(CC)c1ccc(CNC(=O)C=Cc2ccc(OC(C)C)c(OC)c2)cn1. The van der Waals surface area contributed by atoms with Crippen LogP contribution in [0.15, 0.2) is 42.6 Å². The summed E-state index contributed by atoms with van der Waals surface area (Å²) in [5, 5.41) is 2.88. The van der Waals surface area contributed by atoms with Crippen molar-refractivity contribution in [2.75, 3.05) is 25.1 Å². The number of carbonyl (C=O) groups is 1. The Balaban J connectivity index is 1.92. The number of aromatic nitrogens is 1. The van der Waals surface area contributed by atoms with E-state index in [9.17, 15) is 4.79 Å². The van der Waals surface area contributed by atoms with Gasteiger partial charge in [-0.15, -0.1) is 0 Å². The second-order valence-corrected chi connectivity index (χ2v) is 6.82. The molecule has 0 atom stereocenters. The summed E-state index contributed by atoms with van der Waals surface area (Å²) in [6.45, 7) is 10.4. The first-order valence-corrected chi connectivity index (χ1v) is 9.97. The van der Waals surface area contributed by atoms with Gasteiger partial charge in [-0.3, -0.25) is 4.79 Å². The Morgan fingerprint density at radius 3 is 2.52 bits per heavy atom. The smallest absolute Gasteiger partial charge is 0.244 e. The molecule has 6 nitrogen and oxygen atoms in total. The van der Waals surface area contributed by atoms with Crippen molar-refractivity contribution in [2.45, 2.75) is 40.3 Å². The highest BCUT2D eigenvalue weighted by Gasteiger charge is 2.07. The van der Waals surface area contributed by atoms with Crippen molar-refractivity contribution in [1.29, 1.82) is 0 Å². The first kappa shape index (κ1) is 22.3. The summed E-state index contributed by atoms with van der Waals surface area (Å²) >= 11 is 0. The summed E-state index contributed by atoms with van der Waals surface area (Å²) in [7, 11) is 1.60. The topological polar surface area (TPSA) is 63.7 Å². The maximum absolute atomic E-state index is 12.1. The lowest BCUT2D eigenvalue weighted by Gasteiger charge is -2.19. The predicted molar refractivity (Wildman–Crippen MR) is 117 cm³/mol. The summed E-state index contributed by atoms with van der Waals surface area (Å²) in [6.07, 6.45) is 5.12. The molecule has 29 heavy (non-hydrogen) atoms. The third-order valence-corrected chi connectivity index (χ3v) is 4.34. The molecule has 0 aliphatic rings. The Morgan fingerprint density at radius 1 is 1.17 bits per heavy atom. The predicted octanol–water partition coefficient (Wildman–Crippen LogP) is 4.05. The molecule has 1 N–H and O–H groups in total. The minimum Gasteiger partial charge on any atom is -0.493 e. The molecule has 0 saturated carbocycles. The van der Waals surface area contributed by atoms with Crippen LogP contribution in [0.2, 0.25) is 0 Å². The first-order chi connectivity index (χ1) is 14.0. The van der Waals surface area contributed by atoms with E-state index in [0.717, 1.165) is 30.0 Å². The molecule has 1 amide bonds. The van der Waals surface area contributed by atoms with Crippen LogP contribution in [0.1, 0.15) is 38.8 Å². The molecule has 0 unspecified atom stereocenters. The van der Waals surface area contributed by atoms with Crippen LogP contribution >= 0.6 is 0 Å². The van der Waals surface area contributed by atoms with Crippen LogP contribution in [0.4, 0.5) is 5.82 Å². The molecule has 2 rings (SSSR count). The summed E-state index contributed by atoms with van der Waals surface area (Å²) in [6, 6.07) is 9.55. The quantitative estimate of drug-likeness (QED) is 0.613. The molecule has 1 heterocycles. The van der Waals surface area contributed by atoms with Crippen LogP contribution in [0.3, 0.4) is 0 Å². The van der Waals surface area contributed by atoms with E-state index in [-0.39, 0.29) is 12.0 Å². The number of rotatable bonds is 10. The van der Waals surface area contributed by atoms with Gasteiger partial charge in [0.15, 0.2) is 11.5 Å². The first-order valence-electron chi connectivity index (χ1n) is 9.97. The van der Waals surface area contributed by atoms with Crippen molar-refractivity contribution in [2.24, 2.45) is 0 Å². The van der Waals surface area contributed by atoms with Crippen molar-refractivity contribution in [1.82, 2.24) is 10.3 Å². The molecule has 156 valence electrons. The van der Waals surface area contributed by atoms with Gasteiger partial charge in [-0.25, -0.2) is 4.98 Å². The van der Waals surface area contributed by atoms with Crippen LogP contribution < -0.4 is 19.7 Å². The highest BCUT2D eigenvalue weighted by Crippen LogP contribution is 2.29. The molecule has 1 aromatic carbocycles. The summed E-state index contributed by atoms with van der Waals surface area (Å²) in [5.74, 6) is 2.11. The van der Waals surface area contributed by atoms with Crippen molar-refractivity contribution in [3.63, 3.8) is 0 Å². The third kappa shape index (κ3) is 6.82. The monoisotopic (exact) mass is 397 g/mol. The number of anilines is 1. The lowest BCUT2D eigenvalue weighted by atomic mass is 10.2. The Labute approximate surface area is 173 Å². The van der Waals surface area contributed by atoms with Gasteiger partial charge in [-0.2, -0.15) is 0 Å². The van der Waals surface area contributed by atoms with Gasteiger partial charge in [-0.05, 0) is 63.1 Å². The zero-order valence-electron chi connectivity index (χ0n) is 17.9. The maximum atomic E-state index is 12.1. The van der Waals surface area contributed by atoms with Crippen molar-refractivity contribution in [3.05, 3.63) is 53.7 Å². The molecule has 0 aliphatic carbocycles. The van der Waals surface area contributed by atoms with E-state index in [4.69, 9.17) is 9.47 Å². The lowest BCUT2D eigenvalue weighted by molar-refractivity contribution is -0.116. The van der Waals surface area contributed by atoms with Crippen LogP contribution in [0, 0.1) is 0 Å². The number of carbonyl (C=O) groups excluding carboxylic acids is 1. The van der Waals surface area contributed by atoms with Gasteiger partial charge in [0.05, 0.1) is 13.2 Å². The average Bonchev–Trinajstić information content (AvgIpc) is 2.72. The van der Waals surface area contributed by atoms with Crippen molar-refractivity contribution in [3.8, 4) is 11.5 Å². The molecular weight excluding hydrogens is 366 g/mol. The fraction of sp³-hybridized carbons (Fsp3) is 0.391. The average molecular weight is 398 g/mol. The Morgan fingerprint density at radius 2 is 1.93 bits per heavy atom. The highest BCUT2D eigenvalue weighted by atomic mass is 16.5. The number of nitrogens with one attached hydrogen (secondary N) is 1. The van der Waals surface area contributed by atoms with Crippen LogP contribution in [-0.2, 0) is 11.3 Å². The molecule has 1 aromatic heterocycles. The Hall–Kier alpha value is -3.02. The number of benzene rings is 1. The van der Waals surface area contributed by atoms with E-state index < -0.39 is 0 Å². The van der Waals surface area contributed by atoms with E-state index in [0.29, 0.717) is 18.0 Å². The molecule has 2 aromatic rings. The minimum absolute atomic E-state index is 0.0617. The minimum atomic E-state index is -0.167. The van der Waals surface area contributed by atoms with Gasteiger partial charge in [0.25, 0.3) is 0 Å². The molecule has 0 saturated heterocycles. The van der Waals surface area contributed by atoms with E-state index in [1.165, 1.54) is 6.08 Å². The van der Waals surface area contributed by atoms with Crippen molar-refractivity contribution >= 4 is 17.8 Å². The van der Waals surface area contributed by atoms with Gasteiger partial charge in [0, 0.05) is 31.9 Å². The second kappa shape index (κ2) is 11.1. The summed E-state index contributed by atoms with van der Waals surface area (Å²) in [4.78, 5) is 18.8. The highest BCUT2D eigenvalue weighted by molar-refractivity contribution is 5.91. The lowest BCUT2D eigenvalue weighted by Crippen LogP contribution is -2.23. The van der Waals surface area contributed by atoms with Gasteiger partial charge < -0.3 is 19.7 Å². The fourth-order valence-electron chi connectivity index (χ4n) is 2.82. The maximum Gasteiger partial charge on any atom is 0.244 e. The Bertz CT molecular complexity index is 813. The number of amides is 1. The molecule has 6 heteroatoms. The van der Waals surface area contributed by atoms with E-state index >= 15 is 0 Å². The second-order valence-electron chi connectivity index (χ2n) is 6.82. The number of hydrogen-bond acceptors (Lipinski definition) is 5. The van der Waals surface area contributed by atoms with Gasteiger partial charge >= 0.3 is 0 Å². The van der Waals surface area contributed by atoms with Crippen LogP contribution in [0.25, 0.3) is 6.08 Å². The van der Waals surface area contributed by atoms with Gasteiger partial charge in [-0.1, -0.05) is 12.1 Å². The number of methoxy groups -OCH3 is 1. The van der Waals surface area contributed by atoms with Gasteiger partial charge in [0.2, 0.25) is 5.91 Å². The number of nitrogens with zero attached hydrogens (tertiary/aromatic N) is 2. The van der Waals surface area contributed by atoms with E-state index in [1.807, 2.05) is 44.2 Å². The zero-order chi connectivity index (χ0) is 21.2. The number of hydrogen-bond donors (Lipinski definition) is 1. The molecular formula is C23H31N3O3. The number of pyridine rings is 1. The molecule has 0 bridgehead atoms. The van der Waals surface area contributed by atoms with E-state index in [2.05, 4.69) is 29.0 Å². The zero-order valence-corrected chi connectivity index (χ0v) is 17.9. The fourth-order valence-corrected chi connectivity index (χ4v) is 2.82. The standard InChI is InChI=1S/C23H31N3O3/c1-6-26(7-2)22-12-9-19(15-24-22)16-25-23(27)13-10-18-8-11-20(29-17(3)4)21(14-18)28-5/h8-15,17H,6-7,16H2,1-5H3,(H,25,27). The third-order valence-electron chi connectivity index (χ3n) is 4.34. The molecule has 0 fully saturated rings. The number of ether oxygens (including phenoxy) is 2. The summed E-state index contributed by atoms with van der Waals surface area (Å²) in [5.41, 5.74) is 1.82. The largest absolute Gasteiger partial charge is 0.493 e. The normalized spacial score (nSPS) is 11.0. The van der Waals surface area contributed by atoms with Crippen molar-refractivity contribution < 1.29 is 14.3 Å². The Kier molecular flexibility index (Phi) is 8.52. The molecule has 0 spiro atoms. The molecule has 0 aliphatic heterocycles. The van der Waals surface area contributed by atoms with Gasteiger partial charge in [0.1, 0.15) is 5.82 Å². The van der Waals surface area contributed by atoms with Crippen LogP contribution in [-0.4, -0.2) is 37.2 Å². The van der Waals surface area contributed by atoms with E-state index in [1.54, 1.807) is 19.4 Å². The van der Waals surface area contributed by atoms with Crippen LogP contribution in [0.5, 0.6) is 11.5 Å².